The predicted molar refractivity (Wildman–Crippen MR) is 101 cm³/mol. The van der Waals surface area contributed by atoms with E-state index >= 15 is 0 Å². The van der Waals surface area contributed by atoms with Gasteiger partial charge in [0.2, 0.25) is 15.9 Å². The van der Waals surface area contributed by atoms with Gasteiger partial charge in [-0.05, 0) is 42.5 Å². The van der Waals surface area contributed by atoms with Crippen LogP contribution in [0.25, 0.3) is 10.9 Å². The van der Waals surface area contributed by atoms with Crippen molar-refractivity contribution in [3.05, 3.63) is 48.0 Å². The number of primary sulfonamides is 1. The molecule has 6 N–H and O–H groups in total. The summed E-state index contributed by atoms with van der Waals surface area (Å²) in [4.78, 5) is 25.3. The Balaban J connectivity index is 1.91. The summed E-state index contributed by atoms with van der Waals surface area (Å²) in [6, 6.07) is 9.69. The number of nitrogens with two attached hydrogens (primary N) is 2. The monoisotopic (exact) mass is 417 g/mol. The largest absolute Gasteiger partial charge is 0.493 e. The van der Waals surface area contributed by atoms with Gasteiger partial charge in [-0.2, -0.15) is 5.11 Å². The van der Waals surface area contributed by atoms with Gasteiger partial charge in [0.25, 0.3) is 5.91 Å². The molecule has 1 aromatic heterocycles. The summed E-state index contributed by atoms with van der Waals surface area (Å²) < 4.78 is 27.3. The Morgan fingerprint density at radius 2 is 1.79 bits per heavy atom. The van der Waals surface area contributed by atoms with Gasteiger partial charge in [-0.25, -0.2) is 18.4 Å². The molecule has 0 aliphatic rings. The molecule has 1 amide bonds. The summed E-state index contributed by atoms with van der Waals surface area (Å²) in [7, 11) is -3.83. The fraction of sp³-hybridized carbons (Fsp3) is 0.0588. The van der Waals surface area contributed by atoms with Gasteiger partial charge < -0.3 is 20.6 Å². The quantitative estimate of drug-likeness (QED) is 0.347. The number of carbonyl (C=O) groups is 2. The van der Waals surface area contributed by atoms with Crippen LogP contribution >= 0.6 is 0 Å². The summed E-state index contributed by atoms with van der Waals surface area (Å²) in [6.45, 7) is -0.559. The number of ether oxygens (including phenoxy) is 1. The zero-order chi connectivity index (χ0) is 21.2. The second-order valence-corrected chi connectivity index (χ2v) is 7.43. The number of sulfonamides is 1. The number of primary amides is 1. The van der Waals surface area contributed by atoms with Gasteiger partial charge in [0.05, 0.1) is 21.7 Å². The van der Waals surface area contributed by atoms with Crippen LogP contribution in [0.15, 0.2) is 57.6 Å². The number of nitrogens with zero attached hydrogens (tertiary/aromatic N) is 2. The Morgan fingerprint density at radius 1 is 1.10 bits per heavy atom. The summed E-state index contributed by atoms with van der Waals surface area (Å²) in [5.74, 6) is -1.85. The van der Waals surface area contributed by atoms with Crippen LogP contribution < -0.4 is 10.9 Å². The molecule has 0 spiro atoms. The van der Waals surface area contributed by atoms with Crippen LogP contribution in [0, 0.1) is 0 Å². The lowest BCUT2D eigenvalue weighted by Crippen LogP contribution is -2.20. The minimum Gasteiger partial charge on any atom is -0.493 e. The van der Waals surface area contributed by atoms with Crippen molar-refractivity contribution in [2.45, 2.75) is 4.90 Å². The molecule has 12 heteroatoms. The molecule has 0 atom stereocenters. The molecule has 29 heavy (non-hydrogen) atoms. The molecule has 3 rings (SSSR count). The topological polar surface area (TPSA) is 190 Å². The van der Waals surface area contributed by atoms with Gasteiger partial charge in [0, 0.05) is 5.39 Å². The highest BCUT2D eigenvalue weighted by atomic mass is 32.2. The molecular formula is C17H15N5O6S. The minimum absolute atomic E-state index is 0.0556. The number of azo groups is 1. The standard InChI is InChI=1S/C17H15N5O6S/c18-14(23)8-28-17(25)9-1-6-13-12(7-9)15(16(24)20-13)22-21-10-2-4-11(5-3-10)29(19,26)27/h1-7,20,24H,8H2,(H2,18,23)(H2,19,26,27). The highest BCUT2D eigenvalue weighted by molar-refractivity contribution is 7.89. The van der Waals surface area contributed by atoms with E-state index < -0.39 is 28.5 Å². The molecule has 0 saturated heterocycles. The Kier molecular flexibility index (Phi) is 5.30. The van der Waals surface area contributed by atoms with E-state index in [1.165, 1.54) is 42.5 Å². The molecule has 1 heterocycles. The first kappa shape index (κ1) is 20.0. The zero-order valence-electron chi connectivity index (χ0n) is 14.7. The van der Waals surface area contributed by atoms with Crippen molar-refractivity contribution >= 4 is 44.2 Å². The van der Waals surface area contributed by atoms with Crippen LogP contribution in [0.2, 0.25) is 0 Å². The number of aromatic hydroxyl groups is 1. The fourth-order valence-electron chi connectivity index (χ4n) is 2.42. The number of rotatable bonds is 6. The van der Waals surface area contributed by atoms with E-state index in [1.54, 1.807) is 0 Å². The number of amides is 1. The third kappa shape index (κ3) is 4.56. The maximum atomic E-state index is 12.0. The maximum Gasteiger partial charge on any atom is 0.338 e. The maximum absolute atomic E-state index is 12.0. The Bertz CT molecular complexity index is 1230. The van der Waals surface area contributed by atoms with Crippen molar-refractivity contribution in [2.75, 3.05) is 6.61 Å². The molecule has 0 saturated carbocycles. The predicted octanol–water partition coefficient (Wildman–Crippen LogP) is 1.58. The first-order valence-corrected chi connectivity index (χ1v) is 9.54. The van der Waals surface area contributed by atoms with Crippen molar-refractivity contribution in [1.82, 2.24) is 4.98 Å². The van der Waals surface area contributed by atoms with E-state index in [-0.39, 0.29) is 22.0 Å². The van der Waals surface area contributed by atoms with Crippen LogP contribution in [-0.2, 0) is 19.6 Å². The molecule has 0 aliphatic heterocycles. The Morgan fingerprint density at radius 3 is 2.41 bits per heavy atom. The number of nitrogens with one attached hydrogen (secondary N) is 1. The lowest BCUT2D eigenvalue weighted by molar-refractivity contribution is -0.121. The van der Waals surface area contributed by atoms with Gasteiger partial charge in [-0.3, -0.25) is 4.79 Å². The number of fused-ring (bicyclic) bond motifs is 1. The van der Waals surface area contributed by atoms with E-state index in [0.717, 1.165) is 0 Å². The van der Waals surface area contributed by atoms with E-state index in [0.29, 0.717) is 16.6 Å². The number of aromatic amines is 1. The van der Waals surface area contributed by atoms with Crippen LogP contribution in [-0.4, -0.2) is 37.0 Å². The van der Waals surface area contributed by atoms with Crippen molar-refractivity contribution in [3.8, 4) is 5.88 Å². The molecule has 0 radical (unpaired) electrons. The average molecular weight is 417 g/mol. The SMILES string of the molecule is NC(=O)COC(=O)c1ccc2[nH]c(O)c(N=Nc3ccc(S(N)(=O)=O)cc3)c2c1. The average Bonchev–Trinajstić information content (AvgIpc) is 2.98. The van der Waals surface area contributed by atoms with Gasteiger partial charge in [0.1, 0.15) is 0 Å². The molecule has 0 bridgehead atoms. The first-order chi connectivity index (χ1) is 13.6. The summed E-state index contributed by atoms with van der Waals surface area (Å²) >= 11 is 0. The number of aromatic nitrogens is 1. The molecule has 11 nitrogen and oxygen atoms in total. The number of hydrogen-bond acceptors (Lipinski definition) is 8. The molecule has 0 fully saturated rings. The smallest absolute Gasteiger partial charge is 0.338 e. The molecular weight excluding hydrogens is 402 g/mol. The van der Waals surface area contributed by atoms with Crippen LogP contribution in [0.5, 0.6) is 5.88 Å². The summed E-state index contributed by atoms with van der Waals surface area (Å²) in [6.07, 6.45) is 0. The zero-order valence-corrected chi connectivity index (χ0v) is 15.5. The molecule has 150 valence electrons. The number of carbonyl (C=O) groups excluding carboxylic acids is 2. The lowest BCUT2D eigenvalue weighted by Gasteiger charge is -2.02. The van der Waals surface area contributed by atoms with Gasteiger partial charge in [0.15, 0.2) is 12.3 Å². The van der Waals surface area contributed by atoms with Crippen LogP contribution in [0.3, 0.4) is 0 Å². The lowest BCUT2D eigenvalue weighted by atomic mass is 10.1. The third-order valence-electron chi connectivity index (χ3n) is 3.76. The van der Waals surface area contributed by atoms with Crippen LogP contribution in [0.1, 0.15) is 10.4 Å². The van der Waals surface area contributed by atoms with Crippen molar-refractivity contribution < 1.29 is 27.9 Å². The van der Waals surface area contributed by atoms with Crippen molar-refractivity contribution in [2.24, 2.45) is 21.1 Å². The minimum atomic E-state index is -3.83. The van der Waals surface area contributed by atoms with Gasteiger partial charge >= 0.3 is 5.97 Å². The van der Waals surface area contributed by atoms with E-state index in [4.69, 9.17) is 15.6 Å². The number of benzene rings is 2. The van der Waals surface area contributed by atoms with E-state index in [9.17, 15) is 23.1 Å². The Hall–Kier alpha value is -3.77. The number of H-pyrrole nitrogens is 1. The summed E-state index contributed by atoms with van der Waals surface area (Å²) in [5.41, 5.74) is 5.90. The van der Waals surface area contributed by atoms with Crippen molar-refractivity contribution in [3.63, 3.8) is 0 Å². The van der Waals surface area contributed by atoms with Gasteiger partial charge in [-0.15, -0.1) is 5.11 Å². The Labute approximate surface area is 164 Å². The van der Waals surface area contributed by atoms with Gasteiger partial charge in [-0.1, -0.05) is 0 Å². The molecule has 0 aliphatic carbocycles. The fourth-order valence-corrected chi connectivity index (χ4v) is 2.94. The van der Waals surface area contributed by atoms with Crippen molar-refractivity contribution in [1.29, 1.82) is 0 Å². The summed E-state index contributed by atoms with van der Waals surface area (Å²) in [5, 5.41) is 23.4. The molecule has 0 unspecified atom stereocenters. The second kappa shape index (κ2) is 7.69. The number of esters is 1. The molecule has 3 aromatic rings. The molecule has 2 aromatic carbocycles. The highest BCUT2D eigenvalue weighted by Crippen LogP contribution is 2.37. The highest BCUT2D eigenvalue weighted by Gasteiger charge is 2.15. The van der Waals surface area contributed by atoms with E-state index in [2.05, 4.69) is 15.2 Å². The third-order valence-corrected chi connectivity index (χ3v) is 4.69. The first-order valence-electron chi connectivity index (χ1n) is 8.00. The van der Waals surface area contributed by atoms with E-state index in [1.807, 2.05) is 0 Å². The normalized spacial score (nSPS) is 11.8. The van der Waals surface area contributed by atoms with Crippen LogP contribution in [0.4, 0.5) is 11.4 Å². The number of hydrogen-bond donors (Lipinski definition) is 4. The second-order valence-electron chi connectivity index (χ2n) is 5.86.